The zero-order valence-corrected chi connectivity index (χ0v) is 6.97. The molecule has 68 valence electrons. The lowest BCUT2D eigenvalue weighted by Crippen LogP contribution is -2.60. The van der Waals surface area contributed by atoms with E-state index in [1.165, 1.54) is 19.3 Å². The lowest BCUT2D eigenvalue weighted by molar-refractivity contribution is -0.148. The molecule has 1 saturated heterocycles. The summed E-state index contributed by atoms with van der Waals surface area (Å²) < 4.78 is 25.1. The van der Waals surface area contributed by atoms with Crippen molar-refractivity contribution in [1.29, 1.82) is 0 Å². The predicted octanol–water partition coefficient (Wildman–Crippen LogP) is 1.74. The number of hydrogen-bond acceptors (Lipinski definition) is 1. The van der Waals surface area contributed by atoms with E-state index in [-0.39, 0.29) is 13.1 Å². The van der Waals surface area contributed by atoms with Crippen LogP contribution in [-0.4, -0.2) is 30.0 Å². The van der Waals surface area contributed by atoms with Gasteiger partial charge in [-0.05, 0) is 31.1 Å². The molecule has 0 N–H and O–H groups in total. The maximum absolute atomic E-state index is 12.5. The van der Waals surface area contributed by atoms with Crippen molar-refractivity contribution in [2.45, 2.75) is 31.2 Å². The second-order valence-corrected chi connectivity index (χ2v) is 4.66. The fraction of sp³-hybridized carbons (Fsp3) is 1.00. The zero-order valence-electron chi connectivity index (χ0n) is 6.97. The average molecular weight is 173 g/mol. The Bertz CT molecular complexity index is 203. The van der Waals surface area contributed by atoms with Crippen LogP contribution in [0.15, 0.2) is 0 Å². The maximum atomic E-state index is 12.5. The Morgan fingerprint density at radius 3 is 2.17 bits per heavy atom. The number of fused-ring (bicyclic) bond motifs is 1. The van der Waals surface area contributed by atoms with E-state index >= 15 is 0 Å². The van der Waals surface area contributed by atoms with E-state index in [0.29, 0.717) is 6.04 Å². The van der Waals surface area contributed by atoms with Crippen LogP contribution in [0.1, 0.15) is 19.3 Å². The Morgan fingerprint density at radius 2 is 1.75 bits per heavy atom. The van der Waals surface area contributed by atoms with Crippen LogP contribution in [0.2, 0.25) is 0 Å². The van der Waals surface area contributed by atoms with Crippen molar-refractivity contribution < 1.29 is 8.78 Å². The van der Waals surface area contributed by atoms with Crippen LogP contribution >= 0.6 is 0 Å². The summed E-state index contributed by atoms with van der Waals surface area (Å²) in [5, 5.41) is 0. The number of alkyl halides is 2. The molecule has 12 heavy (non-hydrogen) atoms. The van der Waals surface area contributed by atoms with Gasteiger partial charge in [0.05, 0.1) is 13.1 Å². The molecule has 0 radical (unpaired) electrons. The van der Waals surface area contributed by atoms with Crippen LogP contribution in [-0.2, 0) is 0 Å². The number of rotatable bonds is 1. The smallest absolute Gasteiger partial charge is 0.272 e. The molecule has 1 nitrogen and oxygen atoms in total. The number of nitrogens with zero attached hydrogens (tertiary/aromatic N) is 1. The van der Waals surface area contributed by atoms with Crippen molar-refractivity contribution in [3.63, 3.8) is 0 Å². The van der Waals surface area contributed by atoms with E-state index in [4.69, 9.17) is 0 Å². The first kappa shape index (κ1) is 7.25. The van der Waals surface area contributed by atoms with E-state index in [1.807, 2.05) is 4.90 Å². The lowest BCUT2D eigenvalue weighted by atomic mass is 9.83. The summed E-state index contributed by atoms with van der Waals surface area (Å²) in [5.74, 6) is -0.715. The molecule has 1 atom stereocenters. The average Bonchev–Trinajstić information content (AvgIpc) is 2.34. The normalized spacial score (nSPS) is 50.0. The first-order valence-corrected chi connectivity index (χ1v) is 4.76. The van der Waals surface area contributed by atoms with Crippen LogP contribution in [0.3, 0.4) is 0 Å². The summed E-state index contributed by atoms with van der Waals surface area (Å²) in [6, 6.07) is 0.523. The molecular formula is C9H13F2N. The van der Waals surface area contributed by atoms with Gasteiger partial charge in [0.1, 0.15) is 0 Å². The molecule has 1 heterocycles. The summed E-state index contributed by atoms with van der Waals surface area (Å²) in [4.78, 5) is 1.98. The van der Waals surface area contributed by atoms with Crippen LogP contribution < -0.4 is 0 Å². The Morgan fingerprint density at radius 1 is 1.08 bits per heavy atom. The third-order valence-corrected chi connectivity index (χ3v) is 3.73. The molecule has 0 spiro atoms. The molecular weight excluding hydrogens is 160 g/mol. The highest BCUT2D eigenvalue weighted by atomic mass is 19.3. The predicted molar refractivity (Wildman–Crippen MR) is 41.1 cm³/mol. The Kier molecular flexibility index (Phi) is 1.21. The highest BCUT2D eigenvalue weighted by Crippen LogP contribution is 2.52. The van der Waals surface area contributed by atoms with Gasteiger partial charge in [-0.3, -0.25) is 4.90 Å². The third kappa shape index (κ3) is 0.859. The van der Waals surface area contributed by atoms with Gasteiger partial charge in [0.15, 0.2) is 0 Å². The van der Waals surface area contributed by atoms with Crippen molar-refractivity contribution in [3.05, 3.63) is 0 Å². The van der Waals surface area contributed by atoms with Crippen molar-refractivity contribution in [3.8, 4) is 0 Å². The van der Waals surface area contributed by atoms with Crippen molar-refractivity contribution in [2.75, 3.05) is 13.1 Å². The molecule has 2 bridgehead atoms. The second kappa shape index (κ2) is 2.00. The highest BCUT2D eigenvalue weighted by Gasteiger charge is 2.54. The van der Waals surface area contributed by atoms with Crippen molar-refractivity contribution in [1.82, 2.24) is 4.90 Å². The van der Waals surface area contributed by atoms with Gasteiger partial charge in [0, 0.05) is 6.04 Å². The molecule has 0 aromatic carbocycles. The standard InChI is InChI=1S/C9H13F2N/c10-9(11)4-12(5-9)8-3-6-1-7(8)2-6/h6-8H,1-5H2. The minimum atomic E-state index is -2.37. The Balaban J connectivity index is 1.63. The number of halogens is 2. The van der Waals surface area contributed by atoms with Crippen LogP contribution in [0.4, 0.5) is 8.78 Å². The van der Waals surface area contributed by atoms with Gasteiger partial charge < -0.3 is 0 Å². The summed E-state index contributed by atoms with van der Waals surface area (Å²) in [6.45, 7) is 0.0573. The molecule has 3 heteroatoms. The van der Waals surface area contributed by atoms with Crippen LogP contribution in [0.5, 0.6) is 0 Å². The molecule has 0 aromatic rings. The Hall–Kier alpha value is -0.180. The monoisotopic (exact) mass is 173 g/mol. The van der Waals surface area contributed by atoms with Gasteiger partial charge in [-0.1, -0.05) is 0 Å². The first-order valence-electron chi connectivity index (χ1n) is 4.76. The molecule has 3 saturated carbocycles. The molecule has 1 aliphatic heterocycles. The fourth-order valence-corrected chi connectivity index (χ4v) is 3.06. The topological polar surface area (TPSA) is 3.24 Å². The van der Waals surface area contributed by atoms with Gasteiger partial charge >= 0.3 is 0 Å². The van der Waals surface area contributed by atoms with Gasteiger partial charge in [-0.2, -0.15) is 0 Å². The van der Waals surface area contributed by atoms with Gasteiger partial charge in [-0.15, -0.1) is 0 Å². The maximum Gasteiger partial charge on any atom is 0.272 e. The first-order chi connectivity index (χ1) is 5.64. The summed E-state index contributed by atoms with van der Waals surface area (Å²) in [7, 11) is 0. The zero-order chi connectivity index (χ0) is 8.34. The summed E-state index contributed by atoms with van der Waals surface area (Å²) in [5.41, 5.74) is 0. The van der Waals surface area contributed by atoms with Gasteiger partial charge in [-0.25, -0.2) is 8.78 Å². The van der Waals surface area contributed by atoms with E-state index in [0.717, 1.165) is 11.8 Å². The van der Waals surface area contributed by atoms with Crippen molar-refractivity contribution in [2.24, 2.45) is 11.8 Å². The SMILES string of the molecule is FC1(F)CN(C2CC3CC2C3)C1. The minimum absolute atomic E-state index is 0.0287. The molecule has 4 aliphatic rings. The molecule has 1 unspecified atom stereocenters. The fourth-order valence-electron chi connectivity index (χ4n) is 3.06. The largest absolute Gasteiger partial charge is 0.288 e. The quantitative estimate of drug-likeness (QED) is 0.583. The van der Waals surface area contributed by atoms with E-state index in [9.17, 15) is 8.78 Å². The summed E-state index contributed by atoms with van der Waals surface area (Å²) in [6.07, 6.45) is 3.82. The van der Waals surface area contributed by atoms with E-state index < -0.39 is 5.92 Å². The Labute approximate surface area is 70.7 Å². The number of likely N-dealkylation sites (tertiary alicyclic amines) is 1. The number of hydrogen-bond donors (Lipinski definition) is 0. The van der Waals surface area contributed by atoms with Gasteiger partial charge in [0.2, 0.25) is 0 Å². The van der Waals surface area contributed by atoms with Crippen molar-refractivity contribution >= 4 is 0 Å². The molecule has 0 amide bonds. The lowest BCUT2D eigenvalue weighted by Gasteiger charge is -2.44. The van der Waals surface area contributed by atoms with Crippen LogP contribution in [0.25, 0.3) is 0 Å². The minimum Gasteiger partial charge on any atom is -0.288 e. The van der Waals surface area contributed by atoms with Gasteiger partial charge in [0.25, 0.3) is 5.92 Å². The molecule has 0 aromatic heterocycles. The molecule has 4 fully saturated rings. The van der Waals surface area contributed by atoms with E-state index in [1.54, 1.807) is 0 Å². The highest BCUT2D eigenvalue weighted by molar-refractivity contribution is 5.03. The molecule has 4 rings (SSSR count). The van der Waals surface area contributed by atoms with Crippen LogP contribution in [0, 0.1) is 11.8 Å². The van der Waals surface area contributed by atoms with E-state index in [2.05, 4.69) is 0 Å². The second-order valence-electron chi connectivity index (χ2n) is 4.66. The third-order valence-electron chi connectivity index (χ3n) is 3.73. The molecule has 3 aliphatic carbocycles. The summed E-state index contributed by atoms with van der Waals surface area (Å²) >= 11 is 0.